The minimum Gasteiger partial charge on any atom is -0.468 e. The molecule has 0 radical (unpaired) electrons. The molecule has 0 saturated carbocycles. The van der Waals surface area contributed by atoms with Gasteiger partial charge in [0.25, 0.3) is 0 Å². The lowest BCUT2D eigenvalue weighted by atomic mass is 10.2. The molecule has 128 valence electrons. The zero-order valence-corrected chi connectivity index (χ0v) is 13.5. The van der Waals surface area contributed by atoms with Gasteiger partial charge in [-0.05, 0) is 19.1 Å². The molecule has 5 nitrogen and oxygen atoms in total. The van der Waals surface area contributed by atoms with Crippen molar-refractivity contribution in [3.8, 4) is 17.1 Å². The van der Waals surface area contributed by atoms with Crippen LogP contribution in [-0.4, -0.2) is 32.4 Å². The zero-order chi connectivity index (χ0) is 17.7. The Morgan fingerprint density at radius 3 is 2.50 bits per heavy atom. The molecular formula is C16H17F3N4O. The minimum atomic E-state index is -4.38. The summed E-state index contributed by atoms with van der Waals surface area (Å²) in [5, 5.41) is 4.13. The second-order valence-electron chi connectivity index (χ2n) is 4.70. The maximum atomic E-state index is 12.1. The van der Waals surface area contributed by atoms with Crippen LogP contribution in [0.15, 0.2) is 36.8 Å². The SMILES string of the molecule is CC.Cc1cnn2ccc(-c3ccc(OCC(F)(F)F)nc3)nc12. The number of aryl methyl sites for hydroxylation is 1. The van der Waals surface area contributed by atoms with E-state index < -0.39 is 12.8 Å². The average molecular weight is 338 g/mol. The van der Waals surface area contributed by atoms with Crippen LogP contribution in [-0.2, 0) is 0 Å². The summed E-state index contributed by atoms with van der Waals surface area (Å²) < 4.78 is 42.4. The first kappa shape index (κ1) is 17.7. The fraction of sp³-hybridized carbons (Fsp3) is 0.312. The summed E-state index contributed by atoms with van der Waals surface area (Å²) in [4.78, 5) is 8.32. The first-order valence-electron chi connectivity index (χ1n) is 7.39. The summed E-state index contributed by atoms with van der Waals surface area (Å²) in [6, 6.07) is 4.76. The first-order chi connectivity index (χ1) is 11.4. The second-order valence-corrected chi connectivity index (χ2v) is 4.70. The maximum absolute atomic E-state index is 12.1. The Morgan fingerprint density at radius 2 is 1.88 bits per heavy atom. The monoisotopic (exact) mass is 338 g/mol. The van der Waals surface area contributed by atoms with Crippen molar-refractivity contribution in [2.45, 2.75) is 26.9 Å². The molecule has 0 aromatic carbocycles. The Labute approximate surface area is 137 Å². The number of halogens is 3. The lowest BCUT2D eigenvalue weighted by molar-refractivity contribution is -0.154. The van der Waals surface area contributed by atoms with Crippen LogP contribution in [0.4, 0.5) is 13.2 Å². The van der Waals surface area contributed by atoms with Crippen LogP contribution in [0.5, 0.6) is 5.88 Å². The minimum absolute atomic E-state index is 0.0808. The Bertz CT molecular complexity index is 797. The molecule has 0 aliphatic rings. The summed E-state index contributed by atoms with van der Waals surface area (Å²) >= 11 is 0. The lowest BCUT2D eigenvalue weighted by Crippen LogP contribution is -2.19. The summed E-state index contributed by atoms with van der Waals surface area (Å²) in [6.45, 7) is 4.53. The number of hydrogen-bond donors (Lipinski definition) is 0. The maximum Gasteiger partial charge on any atom is 0.422 e. The van der Waals surface area contributed by atoms with Crippen molar-refractivity contribution < 1.29 is 17.9 Å². The fourth-order valence-corrected chi connectivity index (χ4v) is 1.92. The van der Waals surface area contributed by atoms with Crippen molar-refractivity contribution in [3.05, 3.63) is 42.4 Å². The van der Waals surface area contributed by atoms with Crippen LogP contribution >= 0.6 is 0 Å². The van der Waals surface area contributed by atoms with Crippen molar-refractivity contribution in [2.75, 3.05) is 6.61 Å². The molecule has 0 spiro atoms. The van der Waals surface area contributed by atoms with Gasteiger partial charge in [-0.25, -0.2) is 14.5 Å². The largest absolute Gasteiger partial charge is 0.468 e. The van der Waals surface area contributed by atoms with Gasteiger partial charge in [0.2, 0.25) is 5.88 Å². The highest BCUT2D eigenvalue weighted by atomic mass is 19.4. The summed E-state index contributed by atoms with van der Waals surface area (Å²) in [5.74, 6) is -0.0808. The van der Waals surface area contributed by atoms with Gasteiger partial charge in [0, 0.05) is 29.6 Å². The number of nitrogens with zero attached hydrogens (tertiary/aromatic N) is 4. The van der Waals surface area contributed by atoms with Crippen LogP contribution in [0.2, 0.25) is 0 Å². The number of ether oxygens (including phenoxy) is 1. The molecule has 3 heterocycles. The van der Waals surface area contributed by atoms with Gasteiger partial charge in [-0.1, -0.05) is 13.8 Å². The van der Waals surface area contributed by atoms with E-state index in [1.165, 1.54) is 12.3 Å². The van der Waals surface area contributed by atoms with E-state index in [4.69, 9.17) is 0 Å². The molecule has 0 aliphatic heterocycles. The predicted molar refractivity (Wildman–Crippen MR) is 83.9 cm³/mol. The lowest BCUT2D eigenvalue weighted by Gasteiger charge is -2.08. The number of pyridine rings is 1. The van der Waals surface area contributed by atoms with Crippen LogP contribution in [0, 0.1) is 6.92 Å². The van der Waals surface area contributed by atoms with E-state index in [0.717, 1.165) is 11.2 Å². The number of aromatic nitrogens is 4. The third-order valence-corrected chi connectivity index (χ3v) is 2.96. The van der Waals surface area contributed by atoms with E-state index in [1.807, 2.05) is 20.8 Å². The average Bonchev–Trinajstić information content (AvgIpc) is 2.95. The predicted octanol–water partition coefficient (Wildman–Crippen LogP) is 4.07. The van der Waals surface area contributed by atoms with E-state index in [9.17, 15) is 13.2 Å². The molecule has 8 heteroatoms. The standard InChI is InChI=1S/C14H11F3N4O.C2H6/c1-9-6-19-21-5-4-11(20-13(9)21)10-2-3-12(18-7-10)22-8-14(15,16)17;1-2/h2-7H,8H2,1H3;1-2H3. The molecular weight excluding hydrogens is 321 g/mol. The third kappa shape index (κ3) is 4.21. The second kappa shape index (κ2) is 7.29. The molecule has 0 saturated heterocycles. The van der Waals surface area contributed by atoms with Gasteiger partial charge >= 0.3 is 6.18 Å². The van der Waals surface area contributed by atoms with Gasteiger partial charge < -0.3 is 4.74 Å². The highest BCUT2D eigenvalue weighted by Gasteiger charge is 2.28. The molecule has 3 rings (SSSR count). The van der Waals surface area contributed by atoms with Gasteiger partial charge in [0.1, 0.15) is 0 Å². The van der Waals surface area contributed by atoms with Crippen LogP contribution in [0.25, 0.3) is 16.9 Å². The molecule has 3 aromatic heterocycles. The Morgan fingerprint density at radius 1 is 1.12 bits per heavy atom. The van der Waals surface area contributed by atoms with Crippen LogP contribution in [0.1, 0.15) is 19.4 Å². The molecule has 0 fully saturated rings. The molecule has 0 aliphatic carbocycles. The number of hydrogen-bond acceptors (Lipinski definition) is 4. The molecule has 0 N–H and O–H groups in total. The van der Waals surface area contributed by atoms with E-state index in [0.29, 0.717) is 11.3 Å². The third-order valence-electron chi connectivity index (χ3n) is 2.96. The van der Waals surface area contributed by atoms with Crippen molar-refractivity contribution >= 4 is 5.65 Å². The highest BCUT2D eigenvalue weighted by molar-refractivity contribution is 5.61. The molecule has 3 aromatic rings. The van der Waals surface area contributed by atoms with Gasteiger partial charge in [-0.2, -0.15) is 18.3 Å². The summed E-state index contributed by atoms with van der Waals surface area (Å²) in [7, 11) is 0. The quantitative estimate of drug-likeness (QED) is 0.722. The number of fused-ring (bicyclic) bond motifs is 1. The van der Waals surface area contributed by atoms with E-state index >= 15 is 0 Å². The van der Waals surface area contributed by atoms with Gasteiger partial charge in [0.05, 0.1) is 11.9 Å². The normalized spacial score (nSPS) is 11.1. The smallest absolute Gasteiger partial charge is 0.422 e. The first-order valence-corrected chi connectivity index (χ1v) is 7.39. The Hall–Kier alpha value is -2.64. The summed E-state index contributed by atoms with van der Waals surface area (Å²) in [5.41, 5.74) is 2.99. The molecule has 0 amide bonds. The molecule has 0 bridgehead atoms. The molecule has 0 unspecified atom stereocenters. The van der Waals surface area contributed by atoms with E-state index in [1.54, 1.807) is 29.0 Å². The van der Waals surface area contributed by atoms with Crippen molar-refractivity contribution in [1.29, 1.82) is 0 Å². The topological polar surface area (TPSA) is 52.3 Å². The van der Waals surface area contributed by atoms with E-state index in [2.05, 4.69) is 19.8 Å². The zero-order valence-electron chi connectivity index (χ0n) is 13.5. The van der Waals surface area contributed by atoms with Gasteiger partial charge in [0.15, 0.2) is 12.3 Å². The molecule has 24 heavy (non-hydrogen) atoms. The summed E-state index contributed by atoms with van der Waals surface area (Å²) in [6.07, 6.45) is 0.514. The number of alkyl halides is 3. The van der Waals surface area contributed by atoms with E-state index in [-0.39, 0.29) is 5.88 Å². The van der Waals surface area contributed by atoms with Crippen LogP contribution in [0.3, 0.4) is 0 Å². The van der Waals surface area contributed by atoms with Crippen molar-refractivity contribution in [3.63, 3.8) is 0 Å². The fourth-order valence-electron chi connectivity index (χ4n) is 1.92. The van der Waals surface area contributed by atoms with Crippen molar-refractivity contribution in [2.24, 2.45) is 0 Å². The Balaban J connectivity index is 0.00000100. The number of rotatable bonds is 3. The Kier molecular flexibility index (Phi) is 5.38. The molecule has 0 atom stereocenters. The van der Waals surface area contributed by atoms with Gasteiger partial charge in [-0.15, -0.1) is 0 Å². The van der Waals surface area contributed by atoms with Gasteiger partial charge in [-0.3, -0.25) is 0 Å². The van der Waals surface area contributed by atoms with Crippen LogP contribution < -0.4 is 4.74 Å². The highest BCUT2D eigenvalue weighted by Crippen LogP contribution is 2.21. The van der Waals surface area contributed by atoms with Crippen molar-refractivity contribution in [1.82, 2.24) is 19.6 Å².